The number of nitrogens with zero attached hydrogens (tertiary/aromatic N) is 1. The molecule has 2 rings (SSSR count). The molecule has 1 heterocycles. The number of anilines is 1. The van der Waals surface area contributed by atoms with Gasteiger partial charge in [0.25, 0.3) is 0 Å². The summed E-state index contributed by atoms with van der Waals surface area (Å²) in [5, 5.41) is 4.66. The average Bonchev–Trinajstić information content (AvgIpc) is 2.43. The van der Waals surface area contributed by atoms with E-state index in [1.807, 2.05) is 6.20 Å². The summed E-state index contributed by atoms with van der Waals surface area (Å²) in [4.78, 5) is 5.64. The molecule has 14 heavy (non-hydrogen) atoms. The maximum Gasteiger partial charge on any atom is 0.183 e. The number of hydrogen-bond donors (Lipinski definition) is 1. The molecule has 1 aromatic rings. The highest BCUT2D eigenvalue weighted by Gasteiger charge is 2.12. The Hall–Kier alpha value is -0.570. The zero-order chi connectivity index (χ0) is 9.80. The fourth-order valence-corrected chi connectivity index (χ4v) is 2.76. The molecule has 0 amide bonds. The van der Waals surface area contributed by atoms with Gasteiger partial charge in [-0.15, -0.1) is 11.3 Å². The molecule has 0 saturated heterocycles. The molecule has 0 aromatic carbocycles. The van der Waals surface area contributed by atoms with E-state index in [4.69, 9.17) is 0 Å². The largest absolute Gasteiger partial charge is 0.359 e. The number of rotatable bonds is 2. The highest BCUT2D eigenvalue weighted by molar-refractivity contribution is 7.15. The van der Waals surface area contributed by atoms with Crippen molar-refractivity contribution >= 4 is 16.5 Å². The third-order valence-corrected chi connectivity index (χ3v) is 3.65. The maximum absolute atomic E-state index is 4.35. The second-order valence-electron chi connectivity index (χ2n) is 4.11. The van der Waals surface area contributed by atoms with Crippen LogP contribution < -0.4 is 5.32 Å². The van der Waals surface area contributed by atoms with Crippen LogP contribution in [0.5, 0.6) is 0 Å². The smallest absolute Gasteiger partial charge is 0.183 e. The first-order valence-electron chi connectivity index (χ1n) is 5.53. The van der Waals surface area contributed by atoms with Gasteiger partial charge in [0.2, 0.25) is 0 Å². The van der Waals surface area contributed by atoms with Crippen molar-refractivity contribution in [3.63, 3.8) is 0 Å². The van der Waals surface area contributed by atoms with E-state index in [2.05, 4.69) is 17.2 Å². The van der Waals surface area contributed by atoms with E-state index in [0.29, 0.717) is 6.04 Å². The predicted molar refractivity (Wildman–Crippen MR) is 62.0 cm³/mol. The van der Waals surface area contributed by atoms with Crippen molar-refractivity contribution in [1.29, 1.82) is 0 Å². The summed E-state index contributed by atoms with van der Waals surface area (Å²) in [5.41, 5.74) is 0. The molecule has 1 N–H and O–H groups in total. The van der Waals surface area contributed by atoms with Gasteiger partial charge in [0, 0.05) is 17.1 Å². The lowest BCUT2D eigenvalue weighted by Crippen LogP contribution is -2.17. The van der Waals surface area contributed by atoms with Gasteiger partial charge in [0.05, 0.1) is 0 Å². The lowest BCUT2D eigenvalue weighted by Gasteiger charge is -2.14. The number of aryl methyl sites for hydroxylation is 1. The molecule has 2 nitrogen and oxygen atoms in total. The van der Waals surface area contributed by atoms with Gasteiger partial charge in [-0.1, -0.05) is 25.7 Å². The van der Waals surface area contributed by atoms with Gasteiger partial charge in [-0.2, -0.15) is 0 Å². The van der Waals surface area contributed by atoms with Crippen LogP contribution in [0.1, 0.15) is 43.4 Å². The van der Waals surface area contributed by atoms with E-state index in [1.54, 1.807) is 11.3 Å². The summed E-state index contributed by atoms with van der Waals surface area (Å²) in [7, 11) is 0. The van der Waals surface area contributed by atoms with Crippen LogP contribution in [-0.4, -0.2) is 11.0 Å². The Morgan fingerprint density at radius 2 is 2.00 bits per heavy atom. The van der Waals surface area contributed by atoms with Gasteiger partial charge >= 0.3 is 0 Å². The lowest BCUT2D eigenvalue weighted by molar-refractivity contribution is 0.619. The number of nitrogens with one attached hydrogen (secondary N) is 1. The molecule has 0 bridgehead atoms. The highest BCUT2D eigenvalue weighted by atomic mass is 32.1. The molecule has 1 fully saturated rings. The van der Waals surface area contributed by atoms with E-state index in [1.165, 1.54) is 43.4 Å². The van der Waals surface area contributed by atoms with Crippen LogP contribution in [0, 0.1) is 6.92 Å². The minimum atomic E-state index is 0.669. The van der Waals surface area contributed by atoms with Crippen LogP contribution in [-0.2, 0) is 0 Å². The van der Waals surface area contributed by atoms with Crippen LogP contribution >= 0.6 is 11.3 Å². The summed E-state index contributed by atoms with van der Waals surface area (Å²) in [6.45, 7) is 2.11. The standard InChI is InChI=1S/C11H18N2S/c1-9-8-12-11(14-9)13-10-6-4-2-3-5-7-10/h8,10H,2-7H2,1H3,(H,12,13). The summed E-state index contributed by atoms with van der Waals surface area (Å²) in [6.07, 6.45) is 10.2. The Kier molecular flexibility index (Phi) is 3.40. The summed E-state index contributed by atoms with van der Waals surface area (Å²) in [6, 6.07) is 0.669. The van der Waals surface area contributed by atoms with Gasteiger partial charge in [0.1, 0.15) is 0 Å². The second kappa shape index (κ2) is 4.78. The quantitative estimate of drug-likeness (QED) is 0.755. The van der Waals surface area contributed by atoms with Crippen LogP contribution in [0.15, 0.2) is 6.20 Å². The van der Waals surface area contributed by atoms with Crippen molar-refractivity contribution in [3.05, 3.63) is 11.1 Å². The summed E-state index contributed by atoms with van der Waals surface area (Å²) >= 11 is 1.77. The fourth-order valence-electron chi connectivity index (χ4n) is 2.02. The number of hydrogen-bond acceptors (Lipinski definition) is 3. The topological polar surface area (TPSA) is 24.9 Å². The molecular formula is C11H18N2S. The Balaban J connectivity index is 1.89. The van der Waals surface area contributed by atoms with Gasteiger partial charge in [-0.05, 0) is 19.8 Å². The molecule has 0 aliphatic heterocycles. The molecule has 0 spiro atoms. The van der Waals surface area contributed by atoms with E-state index in [9.17, 15) is 0 Å². The van der Waals surface area contributed by atoms with Crippen molar-refractivity contribution < 1.29 is 0 Å². The molecule has 1 aliphatic carbocycles. The van der Waals surface area contributed by atoms with Crippen molar-refractivity contribution in [2.75, 3.05) is 5.32 Å². The zero-order valence-corrected chi connectivity index (χ0v) is 9.57. The van der Waals surface area contributed by atoms with E-state index < -0.39 is 0 Å². The predicted octanol–water partition coefficient (Wildman–Crippen LogP) is 3.59. The first kappa shape index (κ1) is 9.97. The van der Waals surface area contributed by atoms with Gasteiger partial charge in [-0.25, -0.2) is 4.98 Å². The number of thiazole rings is 1. The first-order chi connectivity index (χ1) is 6.84. The van der Waals surface area contributed by atoms with Crippen molar-refractivity contribution in [3.8, 4) is 0 Å². The van der Waals surface area contributed by atoms with Gasteiger partial charge < -0.3 is 5.32 Å². The van der Waals surface area contributed by atoms with Crippen LogP contribution in [0.3, 0.4) is 0 Å². The minimum Gasteiger partial charge on any atom is -0.359 e. The second-order valence-corrected chi connectivity index (χ2v) is 5.34. The number of aromatic nitrogens is 1. The molecule has 0 radical (unpaired) electrons. The highest BCUT2D eigenvalue weighted by Crippen LogP contribution is 2.23. The van der Waals surface area contributed by atoms with Gasteiger partial charge in [0.15, 0.2) is 5.13 Å². The molecule has 1 saturated carbocycles. The molecular weight excluding hydrogens is 192 g/mol. The van der Waals surface area contributed by atoms with Crippen LogP contribution in [0.2, 0.25) is 0 Å². The Morgan fingerprint density at radius 3 is 2.57 bits per heavy atom. The lowest BCUT2D eigenvalue weighted by atomic mass is 10.1. The third kappa shape index (κ3) is 2.71. The normalized spacial score (nSPS) is 19.2. The third-order valence-electron chi connectivity index (χ3n) is 2.80. The fraction of sp³-hybridized carbons (Fsp3) is 0.727. The minimum absolute atomic E-state index is 0.669. The van der Waals surface area contributed by atoms with Gasteiger partial charge in [-0.3, -0.25) is 0 Å². The SMILES string of the molecule is Cc1cnc(NC2CCCCCC2)s1. The van der Waals surface area contributed by atoms with Crippen molar-refractivity contribution in [1.82, 2.24) is 4.98 Å². The molecule has 0 unspecified atom stereocenters. The summed E-state index contributed by atoms with van der Waals surface area (Å²) < 4.78 is 0. The van der Waals surface area contributed by atoms with Crippen molar-refractivity contribution in [2.45, 2.75) is 51.5 Å². The monoisotopic (exact) mass is 210 g/mol. The molecule has 1 aromatic heterocycles. The molecule has 0 atom stereocenters. The molecule has 3 heteroatoms. The van der Waals surface area contributed by atoms with Crippen molar-refractivity contribution in [2.24, 2.45) is 0 Å². The Labute approximate surface area is 89.8 Å². The maximum atomic E-state index is 4.35. The van der Waals surface area contributed by atoms with Crippen LogP contribution in [0.25, 0.3) is 0 Å². The summed E-state index contributed by atoms with van der Waals surface area (Å²) in [5.74, 6) is 0. The van der Waals surface area contributed by atoms with E-state index in [-0.39, 0.29) is 0 Å². The zero-order valence-electron chi connectivity index (χ0n) is 8.75. The van der Waals surface area contributed by atoms with E-state index in [0.717, 1.165) is 5.13 Å². The Bertz CT molecular complexity index is 275. The first-order valence-corrected chi connectivity index (χ1v) is 6.35. The van der Waals surface area contributed by atoms with Crippen LogP contribution in [0.4, 0.5) is 5.13 Å². The Morgan fingerprint density at radius 1 is 1.29 bits per heavy atom. The van der Waals surface area contributed by atoms with E-state index >= 15 is 0 Å². The average molecular weight is 210 g/mol. The molecule has 78 valence electrons. The molecule has 1 aliphatic rings.